The molecule has 0 unspecified atom stereocenters. The van der Waals surface area contributed by atoms with Gasteiger partial charge in [-0.25, -0.2) is 0 Å². The van der Waals surface area contributed by atoms with Crippen LogP contribution in [0, 0.1) is 0 Å². The number of hydrogen-bond acceptors (Lipinski definition) is 1. The molecular weight excluding hydrogens is 318 g/mol. The number of carbonyl (C=O) groups excluding carboxylic acids is 1. The van der Waals surface area contributed by atoms with Crippen LogP contribution < -0.4 is 0 Å². The lowest BCUT2D eigenvalue weighted by Gasteiger charge is -2.09. The Morgan fingerprint density at radius 1 is 0.692 bits per heavy atom. The SMILES string of the molecule is Cn1cc(-c2ccccc2)c(C(=O)c2ccccc2)c1-c1ccccc1. The largest absolute Gasteiger partial charge is 0.349 e. The quantitative estimate of drug-likeness (QED) is 0.445. The molecule has 0 amide bonds. The molecule has 0 radical (unpaired) electrons. The van der Waals surface area contributed by atoms with Crippen LogP contribution in [0.2, 0.25) is 0 Å². The molecule has 0 fully saturated rings. The summed E-state index contributed by atoms with van der Waals surface area (Å²) in [5.41, 5.74) is 5.43. The smallest absolute Gasteiger partial charge is 0.195 e. The highest BCUT2D eigenvalue weighted by atomic mass is 16.1. The number of aryl methyl sites for hydroxylation is 1. The van der Waals surface area contributed by atoms with Crippen LogP contribution >= 0.6 is 0 Å². The number of benzene rings is 3. The first-order chi connectivity index (χ1) is 12.8. The summed E-state index contributed by atoms with van der Waals surface area (Å²) in [6.45, 7) is 0. The fourth-order valence-electron chi connectivity index (χ4n) is 3.37. The van der Waals surface area contributed by atoms with Crippen molar-refractivity contribution < 1.29 is 4.79 Å². The summed E-state index contributed by atoms with van der Waals surface area (Å²) in [6.07, 6.45) is 2.05. The average Bonchev–Trinajstić information content (AvgIpc) is 3.06. The molecule has 0 aliphatic carbocycles. The fraction of sp³-hybridized carbons (Fsp3) is 0.0417. The predicted molar refractivity (Wildman–Crippen MR) is 106 cm³/mol. The minimum Gasteiger partial charge on any atom is -0.349 e. The summed E-state index contributed by atoms with van der Waals surface area (Å²) in [6, 6.07) is 29.7. The van der Waals surface area contributed by atoms with Gasteiger partial charge in [0.1, 0.15) is 0 Å². The highest BCUT2D eigenvalue weighted by molar-refractivity contribution is 6.16. The number of carbonyl (C=O) groups is 1. The van der Waals surface area contributed by atoms with Crippen LogP contribution in [0.5, 0.6) is 0 Å². The van der Waals surface area contributed by atoms with Gasteiger partial charge in [-0.1, -0.05) is 91.0 Å². The summed E-state index contributed by atoms with van der Waals surface area (Å²) < 4.78 is 2.05. The number of ketones is 1. The van der Waals surface area contributed by atoms with E-state index < -0.39 is 0 Å². The number of rotatable bonds is 4. The molecule has 4 aromatic rings. The number of aromatic nitrogens is 1. The molecule has 0 saturated carbocycles. The summed E-state index contributed by atoms with van der Waals surface area (Å²) in [5, 5.41) is 0. The van der Waals surface area contributed by atoms with E-state index in [9.17, 15) is 4.79 Å². The van der Waals surface area contributed by atoms with Crippen molar-refractivity contribution in [1.29, 1.82) is 0 Å². The third kappa shape index (κ3) is 2.86. The van der Waals surface area contributed by atoms with Gasteiger partial charge in [0.15, 0.2) is 5.78 Å². The Morgan fingerprint density at radius 3 is 1.77 bits per heavy atom. The molecule has 1 heterocycles. The second kappa shape index (κ2) is 6.85. The van der Waals surface area contributed by atoms with Crippen molar-refractivity contribution in [2.45, 2.75) is 0 Å². The second-order valence-corrected chi connectivity index (χ2v) is 6.30. The molecule has 126 valence electrons. The molecular formula is C24H19NO. The van der Waals surface area contributed by atoms with Crippen molar-refractivity contribution in [2.75, 3.05) is 0 Å². The summed E-state index contributed by atoms with van der Waals surface area (Å²) >= 11 is 0. The molecule has 2 nitrogen and oxygen atoms in total. The molecule has 2 heteroatoms. The van der Waals surface area contributed by atoms with Gasteiger partial charge >= 0.3 is 0 Å². The third-order valence-corrected chi connectivity index (χ3v) is 4.58. The average molecular weight is 337 g/mol. The van der Waals surface area contributed by atoms with E-state index in [-0.39, 0.29) is 5.78 Å². The van der Waals surface area contributed by atoms with E-state index in [2.05, 4.69) is 0 Å². The van der Waals surface area contributed by atoms with Gasteiger partial charge in [-0.3, -0.25) is 4.79 Å². The van der Waals surface area contributed by atoms with Crippen LogP contribution in [-0.2, 0) is 7.05 Å². The Hall–Kier alpha value is -3.39. The number of hydrogen-bond donors (Lipinski definition) is 0. The van der Waals surface area contributed by atoms with Crippen LogP contribution in [0.15, 0.2) is 97.2 Å². The maximum absolute atomic E-state index is 13.4. The van der Waals surface area contributed by atoms with Crippen molar-refractivity contribution in [2.24, 2.45) is 7.05 Å². The van der Waals surface area contributed by atoms with Gasteiger partial charge in [-0.15, -0.1) is 0 Å². The van der Waals surface area contributed by atoms with Crippen molar-refractivity contribution >= 4 is 5.78 Å². The Morgan fingerprint density at radius 2 is 1.19 bits per heavy atom. The molecule has 3 aromatic carbocycles. The highest BCUT2D eigenvalue weighted by Crippen LogP contribution is 2.35. The Labute approximate surface area is 153 Å². The van der Waals surface area contributed by atoms with E-state index in [0.717, 1.165) is 27.9 Å². The van der Waals surface area contributed by atoms with Gasteiger partial charge in [-0.2, -0.15) is 0 Å². The topological polar surface area (TPSA) is 22.0 Å². The van der Waals surface area contributed by atoms with Crippen LogP contribution in [0.4, 0.5) is 0 Å². The van der Waals surface area contributed by atoms with Crippen LogP contribution in [0.1, 0.15) is 15.9 Å². The zero-order chi connectivity index (χ0) is 17.9. The van der Waals surface area contributed by atoms with Gasteiger partial charge < -0.3 is 4.57 Å². The van der Waals surface area contributed by atoms with E-state index in [1.54, 1.807) is 0 Å². The minimum absolute atomic E-state index is 0.0453. The molecule has 0 spiro atoms. The molecule has 4 rings (SSSR count). The normalized spacial score (nSPS) is 10.7. The molecule has 0 saturated heterocycles. The first-order valence-corrected chi connectivity index (χ1v) is 8.65. The maximum atomic E-state index is 13.4. The summed E-state index contributed by atoms with van der Waals surface area (Å²) in [4.78, 5) is 13.4. The van der Waals surface area contributed by atoms with E-state index >= 15 is 0 Å². The van der Waals surface area contributed by atoms with Crippen LogP contribution in [-0.4, -0.2) is 10.4 Å². The zero-order valence-electron chi connectivity index (χ0n) is 14.6. The van der Waals surface area contributed by atoms with Crippen molar-refractivity contribution in [3.05, 3.63) is 108 Å². The molecule has 0 aliphatic heterocycles. The van der Waals surface area contributed by atoms with Gasteiger partial charge in [0.2, 0.25) is 0 Å². The maximum Gasteiger partial charge on any atom is 0.195 e. The summed E-state index contributed by atoms with van der Waals surface area (Å²) in [5.74, 6) is 0.0453. The lowest BCUT2D eigenvalue weighted by molar-refractivity contribution is 0.104. The Bertz CT molecular complexity index is 1030. The predicted octanol–water partition coefficient (Wildman–Crippen LogP) is 5.59. The molecule has 0 bridgehead atoms. The lowest BCUT2D eigenvalue weighted by atomic mass is 9.93. The van der Waals surface area contributed by atoms with E-state index in [0.29, 0.717) is 5.56 Å². The van der Waals surface area contributed by atoms with Crippen molar-refractivity contribution in [3.63, 3.8) is 0 Å². The molecule has 0 N–H and O–H groups in total. The lowest BCUT2D eigenvalue weighted by Crippen LogP contribution is -2.04. The van der Waals surface area contributed by atoms with Crippen LogP contribution in [0.25, 0.3) is 22.4 Å². The van der Waals surface area contributed by atoms with E-state index in [1.165, 1.54) is 0 Å². The Kier molecular flexibility index (Phi) is 4.24. The first kappa shape index (κ1) is 16.1. The van der Waals surface area contributed by atoms with Crippen molar-refractivity contribution in [3.8, 4) is 22.4 Å². The minimum atomic E-state index is 0.0453. The van der Waals surface area contributed by atoms with Crippen LogP contribution in [0.3, 0.4) is 0 Å². The van der Waals surface area contributed by atoms with Gasteiger partial charge in [-0.05, 0) is 11.1 Å². The summed E-state index contributed by atoms with van der Waals surface area (Å²) in [7, 11) is 2.00. The van der Waals surface area contributed by atoms with Gasteiger partial charge in [0, 0.05) is 24.4 Å². The molecule has 0 atom stereocenters. The van der Waals surface area contributed by atoms with Gasteiger partial charge in [0.05, 0.1) is 11.3 Å². The van der Waals surface area contributed by atoms with Gasteiger partial charge in [0.25, 0.3) is 0 Å². The molecule has 26 heavy (non-hydrogen) atoms. The highest BCUT2D eigenvalue weighted by Gasteiger charge is 2.23. The molecule has 0 aliphatic rings. The van der Waals surface area contributed by atoms with E-state index in [4.69, 9.17) is 0 Å². The second-order valence-electron chi connectivity index (χ2n) is 6.30. The fourth-order valence-corrected chi connectivity index (χ4v) is 3.37. The third-order valence-electron chi connectivity index (χ3n) is 4.58. The Balaban J connectivity index is 1.98. The first-order valence-electron chi connectivity index (χ1n) is 8.65. The molecule has 1 aromatic heterocycles. The monoisotopic (exact) mass is 337 g/mol. The standard InChI is InChI=1S/C24H19NO/c1-25-17-21(18-11-5-2-6-12-18)22(23(25)19-13-7-3-8-14-19)24(26)20-15-9-4-10-16-20/h2-17H,1H3. The number of nitrogens with zero attached hydrogens (tertiary/aromatic N) is 1. The van der Waals surface area contributed by atoms with Crippen molar-refractivity contribution in [1.82, 2.24) is 4.57 Å². The zero-order valence-corrected chi connectivity index (χ0v) is 14.6. The van der Waals surface area contributed by atoms with E-state index in [1.807, 2.05) is 109 Å².